The van der Waals surface area contributed by atoms with Gasteiger partial charge in [-0.2, -0.15) is 0 Å². The Balaban J connectivity index is 1.64. The van der Waals surface area contributed by atoms with Crippen LogP contribution in [0, 0.1) is 0 Å². The fourth-order valence-electron chi connectivity index (χ4n) is 2.91. The number of aromatic nitrogens is 2. The van der Waals surface area contributed by atoms with Gasteiger partial charge in [0.05, 0.1) is 19.9 Å². The molecule has 0 saturated heterocycles. The fourth-order valence-corrected chi connectivity index (χ4v) is 2.91. The van der Waals surface area contributed by atoms with Crippen molar-refractivity contribution in [1.29, 1.82) is 0 Å². The zero-order chi connectivity index (χ0) is 19.1. The number of hydrogen-bond donors (Lipinski definition) is 1. The van der Waals surface area contributed by atoms with Crippen LogP contribution in [-0.4, -0.2) is 30.2 Å². The first-order chi connectivity index (χ1) is 13.2. The van der Waals surface area contributed by atoms with Crippen LogP contribution in [0.1, 0.15) is 18.3 Å². The molecular formula is C22H25N3O2. The highest BCUT2D eigenvalue weighted by Crippen LogP contribution is 2.32. The number of hydrogen-bond acceptors (Lipinski definition) is 5. The molecule has 2 heterocycles. The summed E-state index contributed by atoms with van der Waals surface area (Å²) in [5, 5.41) is 3.50. The standard InChI is InChI=1S/C22H25N3O2/c1-16(12-18-6-4-5-11-23-18)24-15-19-8-7-17(14-25-19)21-13-20(26-2)9-10-22(21)27-3/h4-11,13-14,16,24H,12,15H2,1-3H3. The lowest BCUT2D eigenvalue weighted by atomic mass is 10.1. The topological polar surface area (TPSA) is 56.3 Å². The first-order valence-corrected chi connectivity index (χ1v) is 9.00. The largest absolute Gasteiger partial charge is 0.497 e. The second kappa shape index (κ2) is 9.14. The number of nitrogens with zero attached hydrogens (tertiary/aromatic N) is 2. The summed E-state index contributed by atoms with van der Waals surface area (Å²) < 4.78 is 10.8. The van der Waals surface area contributed by atoms with E-state index in [9.17, 15) is 0 Å². The maximum atomic E-state index is 5.46. The minimum Gasteiger partial charge on any atom is -0.497 e. The Morgan fingerprint density at radius 2 is 1.85 bits per heavy atom. The average Bonchev–Trinajstić information content (AvgIpc) is 2.73. The van der Waals surface area contributed by atoms with Crippen molar-refractivity contribution in [2.45, 2.75) is 25.9 Å². The summed E-state index contributed by atoms with van der Waals surface area (Å²) in [6.45, 7) is 2.87. The third-order valence-electron chi connectivity index (χ3n) is 4.42. The second-order valence-corrected chi connectivity index (χ2v) is 6.41. The van der Waals surface area contributed by atoms with Crippen molar-refractivity contribution in [2.24, 2.45) is 0 Å². The van der Waals surface area contributed by atoms with Crippen molar-refractivity contribution in [3.05, 3.63) is 72.3 Å². The molecule has 0 radical (unpaired) electrons. The van der Waals surface area contributed by atoms with Crippen LogP contribution in [0.3, 0.4) is 0 Å². The second-order valence-electron chi connectivity index (χ2n) is 6.41. The van der Waals surface area contributed by atoms with Gasteiger partial charge in [-0.15, -0.1) is 0 Å². The monoisotopic (exact) mass is 363 g/mol. The fraction of sp³-hybridized carbons (Fsp3) is 0.273. The van der Waals surface area contributed by atoms with Gasteiger partial charge in [0.2, 0.25) is 0 Å². The number of rotatable bonds is 8. The molecule has 27 heavy (non-hydrogen) atoms. The summed E-state index contributed by atoms with van der Waals surface area (Å²) in [4.78, 5) is 8.96. The van der Waals surface area contributed by atoms with Gasteiger partial charge < -0.3 is 14.8 Å². The number of methoxy groups -OCH3 is 2. The van der Waals surface area contributed by atoms with Gasteiger partial charge in [0.1, 0.15) is 11.5 Å². The van der Waals surface area contributed by atoms with E-state index in [2.05, 4.69) is 28.3 Å². The number of pyridine rings is 2. The van der Waals surface area contributed by atoms with E-state index >= 15 is 0 Å². The van der Waals surface area contributed by atoms with Gasteiger partial charge in [-0.3, -0.25) is 9.97 Å². The van der Waals surface area contributed by atoms with Crippen LogP contribution in [0.2, 0.25) is 0 Å². The van der Waals surface area contributed by atoms with E-state index in [4.69, 9.17) is 9.47 Å². The molecule has 1 atom stereocenters. The molecule has 0 bridgehead atoms. The molecule has 0 amide bonds. The highest BCUT2D eigenvalue weighted by Gasteiger charge is 2.09. The van der Waals surface area contributed by atoms with Crippen molar-refractivity contribution in [2.75, 3.05) is 14.2 Å². The lowest BCUT2D eigenvalue weighted by molar-refractivity contribution is 0.404. The quantitative estimate of drug-likeness (QED) is 0.658. The zero-order valence-electron chi connectivity index (χ0n) is 16.0. The molecule has 1 N–H and O–H groups in total. The lowest BCUT2D eigenvalue weighted by Crippen LogP contribution is -2.28. The van der Waals surface area contributed by atoms with E-state index in [1.54, 1.807) is 14.2 Å². The Morgan fingerprint density at radius 3 is 2.52 bits per heavy atom. The molecule has 0 fully saturated rings. The van der Waals surface area contributed by atoms with Gasteiger partial charge in [0.25, 0.3) is 0 Å². The third kappa shape index (κ3) is 5.05. The van der Waals surface area contributed by atoms with Crippen LogP contribution in [0.5, 0.6) is 11.5 Å². The maximum absolute atomic E-state index is 5.46. The third-order valence-corrected chi connectivity index (χ3v) is 4.42. The average molecular weight is 363 g/mol. The molecule has 0 spiro atoms. The van der Waals surface area contributed by atoms with E-state index < -0.39 is 0 Å². The minimum atomic E-state index is 0.319. The summed E-state index contributed by atoms with van der Waals surface area (Å²) in [5.41, 5.74) is 4.04. The molecule has 3 rings (SSSR count). The Labute approximate surface area is 160 Å². The Hall–Kier alpha value is -2.92. The molecule has 0 saturated carbocycles. The van der Waals surface area contributed by atoms with Crippen molar-refractivity contribution in [3.63, 3.8) is 0 Å². The molecule has 140 valence electrons. The zero-order valence-corrected chi connectivity index (χ0v) is 16.0. The van der Waals surface area contributed by atoms with Crippen LogP contribution < -0.4 is 14.8 Å². The van der Waals surface area contributed by atoms with Gasteiger partial charge in [-0.05, 0) is 43.3 Å². The molecule has 2 aromatic heterocycles. The number of benzene rings is 1. The molecule has 1 unspecified atom stereocenters. The number of nitrogens with one attached hydrogen (secondary N) is 1. The van der Waals surface area contributed by atoms with Gasteiger partial charge in [0.15, 0.2) is 0 Å². The normalized spacial score (nSPS) is 11.8. The molecular weight excluding hydrogens is 338 g/mol. The van der Waals surface area contributed by atoms with Crippen molar-refractivity contribution in [3.8, 4) is 22.6 Å². The summed E-state index contributed by atoms with van der Waals surface area (Å²) in [6.07, 6.45) is 4.59. The van der Waals surface area contributed by atoms with Crippen LogP contribution in [0.25, 0.3) is 11.1 Å². The smallest absolute Gasteiger partial charge is 0.127 e. The van der Waals surface area contributed by atoms with Crippen LogP contribution >= 0.6 is 0 Å². The lowest BCUT2D eigenvalue weighted by Gasteiger charge is -2.14. The summed E-state index contributed by atoms with van der Waals surface area (Å²) >= 11 is 0. The van der Waals surface area contributed by atoms with E-state index in [-0.39, 0.29) is 0 Å². The summed E-state index contributed by atoms with van der Waals surface area (Å²) in [6, 6.07) is 16.2. The van der Waals surface area contributed by atoms with E-state index in [1.165, 1.54) is 0 Å². The molecule has 5 heteroatoms. The van der Waals surface area contributed by atoms with Crippen molar-refractivity contribution < 1.29 is 9.47 Å². The minimum absolute atomic E-state index is 0.319. The first kappa shape index (κ1) is 18.9. The Kier molecular flexibility index (Phi) is 6.39. The van der Waals surface area contributed by atoms with E-state index in [0.29, 0.717) is 12.6 Å². The van der Waals surface area contributed by atoms with Crippen LogP contribution in [0.4, 0.5) is 0 Å². The SMILES string of the molecule is COc1ccc(OC)c(-c2ccc(CNC(C)Cc3ccccn3)nc2)c1. The van der Waals surface area contributed by atoms with Crippen molar-refractivity contribution in [1.82, 2.24) is 15.3 Å². The Morgan fingerprint density at radius 1 is 0.963 bits per heavy atom. The predicted molar refractivity (Wildman–Crippen MR) is 107 cm³/mol. The first-order valence-electron chi connectivity index (χ1n) is 9.00. The molecule has 0 aliphatic rings. The highest BCUT2D eigenvalue weighted by atomic mass is 16.5. The molecule has 0 aliphatic carbocycles. The molecule has 0 aliphatic heterocycles. The summed E-state index contributed by atoms with van der Waals surface area (Å²) in [7, 11) is 3.32. The Bertz CT molecular complexity index is 851. The van der Waals surface area contributed by atoms with Gasteiger partial charge in [0, 0.05) is 48.2 Å². The molecule has 3 aromatic rings. The van der Waals surface area contributed by atoms with Crippen LogP contribution in [0.15, 0.2) is 60.9 Å². The predicted octanol–water partition coefficient (Wildman–Crippen LogP) is 3.88. The van der Waals surface area contributed by atoms with Gasteiger partial charge in [-0.1, -0.05) is 12.1 Å². The van der Waals surface area contributed by atoms with E-state index in [1.807, 2.05) is 54.9 Å². The van der Waals surface area contributed by atoms with Gasteiger partial charge >= 0.3 is 0 Å². The molecule has 1 aromatic carbocycles. The summed E-state index contributed by atoms with van der Waals surface area (Å²) in [5.74, 6) is 1.59. The number of ether oxygens (including phenoxy) is 2. The molecule has 5 nitrogen and oxygen atoms in total. The maximum Gasteiger partial charge on any atom is 0.127 e. The van der Waals surface area contributed by atoms with Gasteiger partial charge in [-0.25, -0.2) is 0 Å². The van der Waals surface area contributed by atoms with Crippen LogP contribution in [-0.2, 0) is 13.0 Å². The highest BCUT2D eigenvalue weighted by molar-refractivity contribution is 5.71. The van der Waals surface area contributed by atoms with E-state index in [0.717, 1.165) is 40.4 Å². The van der Waals surface area contributed by atoms with Crippen molar-refractivity contribution >= 4 is 0 Å².